The molecule has 1 aliphatic rings. The minimum atomic E-state index is 0.789. The van der Waals surface area contributed by atoms with Crippen molar-refractivity contribution in [1.82, 2.24) is 10.2 Å². The van der Waals surface area contributed by atoms with Crippen molar-refractivity contribution in [2.75, 3.05) is 31.9 Å². The molecule has 0 spiro atoms. The first-order chi connectivity index (χ1) is 8.31. The van der Waals surface area contributed by atoms with Crippen molar-refractivity contribution in [3.05, 3.63) is 0 Å². The number of rotatable bonds is 9. The van der Waals surface area contributed by atoms with Crippen molar-refractivity contribution in [3.63, 3.8) is 0 Å². The van der Waals surface area contributed by atoms with Gasteiger partial charge in [-0.1, -0.05) is 27.2 Å². The van der Waals surface area contributed by atoms with Crippen molar-refractivity contribution in [2.45, 2.75) is 57.7 Å². The molecule has 17 heavy (non-hydrogen) atoms. The molecule has 0 saturated heterocycles. The average molecular weight is 258 g/mol. The highest BCUT2D eigenvalue weighted by Crippen LogP contribution is 2.30. The molecule has 1 aliphatic carbocycles. The number of hydrogen-bond donors (Lipinski definition) is 1. The van der Waals surface area contributed by atoms with E-state index < -0.39 is 0 Å². The van der Waals surface area contributed by atoms with Crippen LogP contribution in [0.15, 0.2) is 0 Å². The molecule has 2 unspecified atom stereocenters. The summed E-state index contributed by atoms with van der Waals surface area (Å²) in [7, 11) is 0. The molecule has 2 atom stereocenters. The third kappa shape index (κ3) is 5.62. The topological polar surface area (TPSA) is 15.3 Å². The van der Waals surface area contributed by atoms with Gasteiger partial charge < -0.3 is 10.2 Å². The molecule has 0 bridgehead atoms. The zero-order valence-corrected chi connectivity index (χ0v) is 12.7. The molecule has 2 nitrogen and oxygen atoms in total. The summed E-state index contributed by atoms with van der Waals surface area (Å²) in [6, 6.07) is 0.789. The summed E-state index contributed by atoms with van der Waals surface area (Å²) in [5.74, 6) is 1.30. The molecule has 102 valence electrons. The van der Waals surface area contributed by atoms with E-state index in [4.69, 9.17) is 0 Å². The maximum atomic E-state index is 3.71. The van der Waals surface area contributed by atoms with Crippen LogP contribution >= 0.6 is 11.8 Å². The van der Waals surface area contributed by atoms with E-state index in [9.17, 15) is 0 Å². The van der Waals surface area contributed by atoms with Crippen LogP contribution in [-0.2, 0) is 0 Å². The molecule has 1 saturated carbocycles. The van der Waals surface area contributed by atoms with Gasteiger partial charge in [-0.15, -0.1) is 0 Å². The predicted octanol–water partition coefficient (Wildman–Crippen LogP) is 2.98. The van der Waals surface area contributed by atoms with Crippen LogP contribution in [0.25, 0.3) is 0 Å². The van der Waals surface area contributed by atoms with E-state index in [-0.39, 0.29) is 0 Å². The van der Waals surface area contributed by atoms with Crippen LogP contribution in [0.5, 0.6) is 0 Å². The second-order valence-electron chi connectivity index (χ2n) is 4.93. The minimum Gasteiger partial charge on any atom is -0.313 e. The van der Waals surface area contributed by atoms with E-state index in [2.05, 4.69) is 42.7 Å². The summed E-state index contributed by atoms with van der Waals surface area (Å²) in [5, 5.41) is 4.59. The van der Waals surface area contributed by atoms with Gasteiger partial charge in [0.05, 0.1) is 0 Å². The summed E-state index contributed by atoms with van der Waals surface area (Å²) in [4.78, 5) is 2.52. The second-order valence-corrected chi connectivity index (χ2v) is 6.27. The van der Waals surface area contributed by atoms with Crippen LogP contribution in [0.2, 0.25) is 0 Å². The maximum Gasteiger partial charge on any atom is 0.0201 e. The maximum absolute atomic E-state index is 3.71. The fourth-order valence-corrected chi connectivity index (χ4v) is 4.03. The third-order valence-corrected chi connectivity index (χ3v) is 5.15. The molecule has 1 fully saturated rings. The minimum absolute atomic E-state index is 0.789. The highest BCUT2D eigenvalue weighted by Gasteiger charge is 2.26. The summed E-state index contributed by atoms with van der Waals surface area (Å²) in [5.41, 5.74) is 0. The fourth-order valence-electron chi connectivity index (χ4n) is 2.56. The molecule has 0 heterocycles. The molecule has 0 aromatic carbocycles. The summed E-state index contributed by atoms with van der Waals surface area (Å²) >= 11 is 2.20. The average Bonchev–Trinajstić information content (AvgIpc) is 2.79. The monoisotopic (exact) mass is 258 g/mol. The van der Waals surface area contributed by atoms with Crippen molar-refractivity contribution in [2.24, 2.45) is 0 Å². The molecule has 0 amide bonds. The highest BCUT2D eigenvalue weighted by molar-refractivity contribution is 8.00. The van der Waals surface area contributed by atoms with Gasteiger partial charge in [-0.05, 0) is 38.9 Å². The van der Waals surface area contributed by atoms with Gasteiger partial charge in [0, 0.05) is 23.6 Å². The van der Waals surface area contributed by atoms with E-state index in [0.717, 1.165) is 11.3 Å². The van der Waals surface area contributed by atoms with Gasteiger partial charge in [0.15, 0.2) is 0 Å². The van der Waals surface area contributed by atoms with Crippen LogP contribution in [0, 0.1) is 0 Å². The van der Waals surface area contributed by atoms with Crippen LogP contribution in [0.3, 0.4) is 0 Å². The third-order valence-electron chi connectivity index (χ3n) is 3.74. The van der Waals surface area contributed by atoms with Gasteiger partial charge in [-0.3, -0.25) is 0 Å². The Labute approximate surface area is 112 Å². The fraction of sp³-hybridized carbons (Fsp3) is 1.00. The van der Waals surface area contributed by atoms with Gasteiger partial charge in [-0.2, -0.15) is 11.8 Å². The Morgan fingerprint density at radius 1 is 1.18 bits per heavy atom. The number of nitrogens with one attached hydrogen (secondary N) is 1. The smallest absolute Gasteiger partial charge is 0.0201 e. The summed E-state index contributed by atoms with van der Waals surface area (Å²) < 4.78 is 0. The van der Waals surface area contributed by atoms with Gasteiger partial charge in [0.2, 0.25) is 0 Å². The van der Waals surface area contributed by atoms with Gasteiger partial charge in [0.1, 0.15) is 0 Å². The van der Waals surface area contributed by atoms with Crippen molar-refractivity contribution < 1.29 is 0 Å². The molecule has 0 aromatic rings. The highest BCUT2D eigenvalue weighted by atomic mass is 32.2. The summed E-state index contributed by atoms with van der Waals surface area (Å²) in [6.07, 6.45) is 5.49. The SMILES string of the molecule is CCCNC1CCCC1SCCN(CC)CC. The van der Waals surface area contributed by atoms with Gasteiger partial charge in [-0.25, -0.2) is 0 Å². The number of hydrogen-bond acceptors (Lipinski definition) is 3. The Morgan fingerprint density at radius 3 is 2.59 bits per heavy atom. The van der Waals surface area contributed by atoms with Crippen molar-refractivity contribution >= 4 is 11.8 Å². The lowest BCUT2D eigenvalue weighted by Crippen LogP contribution is -2.35. The van der Waals surface area contributed by atoms with E-state index in [0.29, 0.717) is 0 Å². The molecule has 1 N–H and O–H groups in total. The van der Waals surface area contributed by atoms with Crippen LogP contribution < -0.4 is 5.32 Å². The van der Waals surface area contributed by atoms with Gasteiger partial charge in [0.25, 0.3) is 0 Å². The normalized spacial score (nSPS) is 24.7. The molecule has 0 radical (unpaired) electrons. The Morgan fingerprint density at radius 2 is 1.94 bits per heavy atom. The Balaban J connectivity index is 2.16. The van der Waals surface area contributed by atoms with Crippen LogP contribution in [-0.4, -0.2) is 48.1 Å². The quantitative estimate of drug-likeness (QED) is 0.684. The molecule has 1 rings (SSSR count). The van der Waals surface area contributed by atoms with Crippen molar-refractivity contribution in [1.29, 1.82) is 0 Å². The molecule has 0 aromatic heterocycles. The van der Waals surface area contributed by atoms with E-state index in [1.807, 2.05) is 0 Å². The standard InChI is InChI=1S/C14H30N2S/c1-4-10-15-13-8-7-9-14(13)17-12-11-16(5-2)6-3/h13-15H,4-12H2,1-3H3. The van der Waals surface area contributed by atoms with E-state index in [1.165, 1.54) is 57.6 Å². The van der Waals surface area contributed by atoms with E-state index in [1.54, 1.807) is 0 Å². The first-order valence-electron chi connectivity index (χ1n) is 7.39. The van der Waals surface area contributed by atoms with Gasteiger partial charge >= 0.3 is 0 Å². The molecular weight excluding hydrogens is 228 g/mol. The first kappa shape index (κ1) is 15.3. The molecule has 0 aliphatic heterocycles. The zero-order valence-electron chi connectivity index (χ0n) is 11.9. The van der Waals surface area contributed by atoms with Crippen LogP contribution in [0.1, 0.15) is 46.5 Å². The van der Waals surface area contributed by atoms with Crippen molar-refractivity contribution in [3.8, 4) is 0 Å². The lowest BCUT2D eigenvalue weighted by atomic mass is 10.2. The lowest BCUT2D eigenvalue weighted by Gasteiger charge is -2.23. The lowest BCUT2D eigenvalue weighted by molar-refractivity contribution is 0.323. The molecular formula is C14H30N2S. The summed E-state index contributed by atoms with van der Waals surface area (Å²) in [6.45, 7) is 11.6. The second kappa shape index (κ2) is 9.23. The molecule has 3 heteroatoms. The number of nitrogens with zero attached hydrogens (tertiary/aromatic N) is 1. The zero-order chi connectivity index (χ0) is 12.5. The largest absolute Gasteiger partial charge is 0.313 e. The Bertz CT molecular complexity index is 183. The van der Waals surface area contributed by atoms with Crippen LogP contribution in [0.4, 0.5) is 0 Å². The van der Waals surface area contributed by atoms with E-state index >= 15 is 0 Å². The Kier molecular flexibility index (Phi) is 8.33. The number of thioether (sulfide) groups is 1. The first-order valence-corrected chi connectivity index (χ1v) is 8.44. The Hall–Kier alpha value is 0.270. The predicted molar refractivity (Wildman–Crippen MR) is 80.0 cm³/mol.